The van der Waals surface area contributed by atoms with E-state index in [4.69, 9.17) is 4.98 Å². The highest BCUT2D eigenvalue weighted by Crippen LogP contribution is 2.33. The minimum Gasteiger partial charge on any atom is -0.336 e. The summed E-state index contributed by atoms with van der Waals surface area (Å²) in [6, 6.07) is 3.43. The molecule has 0 aliphatic rings. The number of rotatable bonds is 5. The number of nitrogens with one attached hydrogen (secondary N) is 3. The molecule has 6 rings (SSSR count). The summed E-state index contributed by atoms with van der Waals surface area (Å²) in [6.45, 7) is 5.46. The zero-order chi connectivity index (χ0) is 25.7. The van der Waals surface area contributed by atoms with E-state index in [1.165, 1.54) is 18.6 Å². The van der Waals surface area contributed by atoms with E-state index in [0.29, 0.717) is 39.6 Å². The van der Waals surface area contributed by atoms with Crippen LogP contribution in [0.15, 0.2) is 49.4 Å². The lowest BCUT2D eigenvalue weighted by molar-refractivity contribution is -0.118. The number of H-pyrrole nitrogens is 2. The third-order valence-corrected chi connectivity index (χ3v) is 5.91. The van der Waals surface area contributed by atoms with Gasteiger partial charge in [0.05, 0.1) is 40.2 Å². The average Bonchev–Trinajstić information content (AvgIpc) is 3.62. The number of imidazole rings is 2. The first-order valence-electron chi connectivity index (χ1n) is 11.5. The van der Waals surface area contributed by atoms with E-state index >= 15 is 4.39 Å². The number of fused-ring (bicyclic) bond motifs is 2. The molecule has 0 saturated heterocycles. The Hall–Kier alpha value is -5.00. The van der Waals surface area contributed by atoms with Gasteiger partial charge in [-0.3, -0.25) is 24.4 Å². The van der Waals surface area contributed by atoms with Crippen LogP contribution in [-0.4, -0.2) is 50.6 Å². The van der Waals surface area contributed by atoms with Gasteiger partial charge in [0, 0.05) is 30.1 Å². The molecule has 0 fully saturated rings. The maximum absolute atomic E-state index is 16.0. The van der Waals surface area contributed by atoms with Crippen LogP contribution in [-0.2, 0) is 4.79 Å². The molecule has 184 valence electrons. The first-order valence-corrected chi connectivity index (χ1v) is 11.5. The Morgan fingerprint density at radius 2 is 1.97 bits per heavy atom. The number of nitrogens with zero attached hydrogens (tertiary/aromatic N) is 7. The van der Waals surface area contributed by atoms with Crippen LogP contribution in [0.2, 0.25) is 0 Å². The highest BCUT2D eigenvalue weighted by Gasteiger charge is 2.22. The molecule has 37 heavy (non-hydrogen) atoms. The molecule has 11 nitrogen and oxygen atoms in total. The van der Waals surface area contributed by atoms with Gasteiger partial charge in [-0.2, -0.15) is 5.10 Å². The summed E-state index contributed by atoms with van der Waals surface area (Å²) < 4.78 is 17.7. The minimum absolute atomic E-state index is 0.0793. The number of halogens is 1. The van der Waals surface area contributed by atoms with Crippen molar-refractivity contribution in [2.45, 2.75) is 20.8 Å². The van der Waals surface area contributed by atoms with Gasteiger partial charge in [0.1, 0.15) is 23.2 Å². The number of aromatic amines is 2. The predicted octanol–water partition coefficient (Wildman–Crippen LogP) is 4.19. The lowest BCUT2D eigenvalue weighted by Gasteiger charge is -2.09. The van der Waals surface area contributed by atoms with Crippen LogP contribution in [0, 0.1) is 18.7 Å². The molecule has 0 aromatic carbocycles. The van der Waals surface area contributed by atoms with Crippen molar-refractivity contribution >= 4 is 33.5 Å². The van der Waals surface area contributed by atoms with Gasteiger partial charge in [0.25, 0.3) is 0 Å². The maximum Gasteiger partial charge on any atom is 0.226 e. The van der Waals surface area contributed by atoms with Gasteiger partial charge in [-0.15, -0.1) is 0 Å². The molecular formula is C25H21FN10O. The van der Waals surface area contributed by atoms with Crippen molar-refractivity contribution in [3.05, 3.63) is 61.0 Å². The molecule has 0 radical (unpaired) electrons. The molecule has 0 atom stereocenters. The summed E-state index contributed by atoms with van der Waals surface area (Å²) in [5.41, 5.74) is 3.83. The fourth-order valence-electron chi connectivity index (χ4n) is 4.03. The van der Waals surface area contributed by atoms with E-state index in [-0.39, 0.29) is 22.9 Å². The lowest BCUT2D eigenvalue weighted by atomic mass is 10.1. The number of carbonyl (C=O) groups is 1. The van der Waals surface area contributed by atoms with E-state index < -0.39 is 5.82 Å². The van der Waals surface area contributed by atoms with Crippen molar-refractivity contribution < 1.29 is 9.18 Å². The Morgan fingerprint density at radius 3 is 2.76 bits per heavy atom. The van der Waals surface area contributed by atoms with E-state index in [2.05, 4.69) is 40.4 Å². The van der Waals surface area contributed by atoms with Crippen molar-refractivity contribution in [3.63, 3.8) is 0 Å². The van der Waals surface area contributed by atoms with Gasteiger partial charge in [-0.25, -0.2) is 19.3 Å². The Labute approximate surface area is 209 Å². The molecule has 6 aromatic rings. The zero-order valence-electron chi connectivity index (χ0n) is 20.1. The Morgan fingerprint density at radius 1 is 1.11 bits per heavy atom. The van der Waals surface area contributed by atoms with Crippen molar-refractivity contribution in [1.29, 1.82) is 0 Å². The van der Waals surface area contributed by atoms with Gasteiger partial charge < -0.3 is 10.3 Å². The second kappa shape index (κ2) is 8.59. The van der Waals surface area contributed by atoms with Gasteiger partial charge in [0.15, 0.2) is 17.5 Å². The molecule has 0 aliphatic heterocycles. The van der Waals surface area contributed by atoms with Crippen LogP contribution in [0.25, 0.3) is 50.5 Å². The summed E-state index contributed by atoms with van der Waals surface area (Å²) in [5.74, 6) is 0.0127. The van der Waals surface area contributed by atoms with Gasteiger partial charge >= 0.3 is 0 Å². The summed E-state index contributed by atoms with van der Waals surface area (Å²) in [5, 5.41) is 10.2. The summed E-state index contributed by atoms with van der Waals surface area (Å²) in [4.78, 5) is 37.2. The number of aromatic nitrogens is 9. The molecule has 6 aromatic heterocycles. The van der Waals surface area contributed by atoms with Crippen LogP contribution in [0.5, 0.6) is 0 Å². The average molecular weight is 497 g/mol. The first-order chi connectivity index (χ1) is 17.9. The fraction of sp³-hybridized carbons (Fsp3) is 0.160. The summed E-state index contributed by atoms with van der Waals surface area (Å²) >= 11 is 0. The third kappa shape index (κ3) is 3.88. The van der Waals surface area contributed by atoms with E-state index in [1.54, 1.807) is 43.1 Å². The van der Waals surface area contributed by atoms with Crippen molar-refractivity contribution in [2.24, 2.45) is 5.92 Å². The predicted molar refractivity (Wildman–Crippen MR) is 135 cm³/mol. The van der Waals surface area contributed by atoms with Crippen LogP contribution in [0.3, 0.4) is 0 Å². The van der Waals surface area contributed by atoms with Crippen LogP contribution < -0.4 is 5.32 Å². The monoisotopic (exact) mass is 496 g/mol. The topological polar surface area (TPSA) is 143 Å². The number of hydrogen-bond donors (Lipinski definition) is 3. The summed E-state index contributed by atoms with van der Waals surface area (Å²) in [6.07, 6.45) is 9.69. The Balaban J connectivity index is 1.45. The van der Waals surface area contributed by atoms with Crippen LogP contribution >= 0.6 is 0 Å². The molecular weight excluding hydrogens is 475 g/mol. The molecule has 0 spiro atoms. The van der Waals surface area contributed by atoms with Crippen LogP contribution in [0.4, 0.5) is 10.1 Å². The van der Waals surface area contributed by atoms with Crippen molar-refractivity contribution in [1.82, 2.24) is 44.7 Å². The Bertz CT molecular complexity index is 1800. The number of anilines is 1. The number of aryl methyl sites for hydroxylation is 1. The normalized spacial score (nSPS) is 11.6. The van der Waals surface area contributed by atoms with Gasteiger partial charge in [-0.1, -0.05) is 13.8 Å². The molecule has 12 heteroatoms. The molecule has 1 amide bonds. The minimum atomic E-state index is -0.584. The number of carbonyl (C=O) groups excluding carboxylic acids is 1. The molecule has 0 unspecified atom stereocenters. The second-order valence-corrected chi connectivity index (χ2v) is 8.93. The zero-order valence-corrected chi connectivity index (χ0v) is 20.1. The van der Waals surface area contributed by atoms with Crippen LogP contribution in [0.1, 0.15) is 19.5 Å². The molecule has 0 aliphatic carbocycles. The maximum atomic E-state index is 16.0. The fourth-order valence-corrected chi connectivity index (χ4v) is 4.03. The van der Waals surface area contributed by atoms with Gasteiger partial charge in [0.2, 0.25) is 5.91 Å². The van der Waals surface area contributed by atoms with E-state index in [0.717, 1.165) is 11.2 Å². The number of amides is 1. The standard InChI is InChI=1S/C25H21FN10O/c1-12(2)25(37)31-15-6-14(7-27-8-15)20-19(26)18-17(9-29-20)34-35-22(18)23-32-16-4-5-28-24(21(16)33-23)36-10-13(3)30-11-36/h4-12H,1-3H3,(H,31,37)(H,32,33)(H,34,35). The quantitative estimate of drug-likeness (QED) is 0.325. The number of pyridine rings is 3. The summed E-state index contributed by atoms with van der Waals surface area (Å²) in [7, 11) is 0. The lowest BCUT2D eigenvalue weighted by Crippen LogP contribution is -2.17. The van der Waals surface area contributed by atoms with Gasteiger partial charge in [-0.05, 0) is 19.1 Å². The highest BCUT2D eigenvalue weighted by atomic mass is 19.1. The number of hydrogen-bond acceptors (Lipinski definition) is 7. The molecule has 0 saturated carbocycles. The van der Waals surface area contributed by atoms with E-state index in [1.807, 2.05) is 13.1 Å². The van der Waals surface area contributed by atoms with Crippen molar-refractivity contribution in [3.8, 4) is 28.6 Å². The third-order valence-electron chi connectivity index (χ3n) is 5.91. The SMILES string of the molecule is Cc1cn(-c2nccc3[nH]c(-c4n[nH]c5cnc(-c6cncc(NC(=O)C(C)C)c6)c(F)c45)nc23)cn1. The highest BCUT2D eigenvalue weighted by molar-refractivity contribution is 5.96. The molecule has 3 N–H and O–H groups in total. The van der Waals surface area contributed by atoms with Crippen molar-refractivity contribution in [2.75, 3.05) is 5.32 Å². The molecule has 0 bridgehead atoms. The largest absolute Gasteiger partial charge is 0.336 e. The molecule has 6 heterocycles. The Kier molecular flexibility index (Phi) is 5.21. The second-order valence-electron chi connectivity index (χ2n) is 8.93. The van der Waals surface area contributed by atoms with E-state index in [9.17, 15) is 4.79 Å². The first kappa shape index (κ1) is 22.5. The smallest absolute Gasteiger partial charge is 0.226 e.